The third-order valence-corrected chi connectivity index (χ3v) is 15.5. The van der Waals surface area contributed by atoms with Crippen LogP contribution in [0.5, 0.6) is 0 Å². The number of urea groups is 1. The molecule has 376 valence electrons. The Kier molecular flexibility index (Phi) is 14.4. The molecule has 4 aliphatic rings. The van der Waals surface area contributed by atoms with Crippen LogP contribution in [0.15, 0.2) is 54.1 Å². The van der Waals surface area contributed by atoms with E-state index < -0.39 is 41.0 Å². The number of hydrazine groups is 1. The number of rotatable bonds is 9. The summed E-state index contributed by atoms with van der Waals surface area (Å²) in [5.41, 5.74) is 6.75. The number of carbonyl (C=O) groups excluding carboxylic acids is 5. The standard InChI is InChI=1S/C52H69N9O8S/c1-11-60-40-16-15-34-24-36(40)37(44(60)35-14-12-20-53-42(35)33(6)68-10)26-50(7,8)30-69-48(65)52(67)17-13-21-61(56-52)47(64)38(25-41-54-39(34)27-70-41)55-45(62)43(31(2)3)57(9)49(66)58-22-18-51(19-23-58)28-59(29-51)46(63)32(4)5/h12,14-16,20,24,27,31,33,38,43,56,67H,4,11,13,17-19,21-23,25-26,28-30H2,1-3,5-10H3,(H,55,62)/t33-,38-,43-,52-/m0/s1. The van der Waals surface area contributed by atoms with E-state index in [4.69, 9.17) is 19.4 Å². The van der Waals surface area contributed by atoms with Gasteiger partial charge < -0.3 is 39.2 Å². The molecule has 4 aliphatic heterocycles. The van der Waals surface area contributed by atoms with Crippen LogP contribution in [0.2, 0.25) is 0 Å². The summed E-state index contributed by atoms with van der Waals surface area (Å²) in [5, 5.41) is 19.6. The van der Waals surface area contributed by atoms with E-state index in [0.29, 0.717) is 55.4 Å². The number of cyclic esters (lactones) is 1. The minimum Gasteiger partial charge on any atom is -0.462 e. The lowest BCUT2D eigenvalue weighted by molar-refractivity contribution is -0.189. The van der Waals surface area contributed by atoms with Crippen LogP contribution in [0.4, 0.5) is 4.79 Å². The first-order chi connectivity index (χ1) is 33.2. The van der Waals surface area contributed by atoms with Crippen LogP contribution in [0.1, 0.15) is 96.5 Å². The van der Waals surface area contributed by atoms with Crippen LogP contribution in [0, 0.1) is 16.7 Å². The van der Waals surface area contributed by atoms with Gasteiger partial charge >= 0.3 is 12.0 Å². The number of likely N-dealkylation sites (N-methyl/N-ethyl adjacent to an activating group) is 1. The molecule has 0 saturated carbocycles. The van der Waals surface area contributed by atoms with E-state index in [2.05, 4.69) is 47.0 Å². The molecule has 3 fully saturated rings. The van der Waals surface area contributed by atoms with Gasteiger partial charge in [0.25, 0.3) is 5.91 Å². The number of ether oxygens (including phenoxy) is 2. The average molecular weight is 980 g/mol. The van der Waals surface area contributed by atoms with Crippen LogP contribution >= 0.6 is 11.3 Å². The van der Waals surface area contributed by atoms with Gasteiger partial charge in [0, 0.05) is 116 Å². The largest absolute Gasteiger partial charge is 0.462 e. The minimum absolute atomic E-state index is 0.00259. The summed E-state index contributed by atoms with van der Waals surface area (Å²) in [5.74, 6) is -2.40. The number of esters is 1. The van der Waals surface area contributed by atoms with Gasteiger partial charge in [-0.15, -0.1) is 11.3 Å². The van der Waals surface area contributed by atoms with Crippen molar-refractivity contribution in [1.82, 2.24) is 45.0 Å². The molecular weight excluding hydrogens is 911 g/mol. The molecular formula is C52H69N9O8S. The number of aryl methyl sites for hydroxylation is 1. The SMILES string of the molecule is C=C(C)C(=O)N1CC2(CCN(C(=O)N(C)[C@H](C(=O)N[C@H]3Cc4nc(cs4)-c4ccc5c(c4)c(c(-c4cccnc4[C@H](C)OC)n5CC)CC(C)(C)COC(=O)[C@@]4(O)CCCN(N4)C3=O)C(C)C)CC2)C1. The average Bonchev–Trinajstić information content (AvgIpc) is 3.92. The first-order valence-corrected chi connectivity index (χ1v) is 25.4. The van der Waals surface area contributed by atoms with Crippen molar-refractivity contribution in [1.29, 1.82) is 0 Å². The number of nitrogens with one attached hydrogen (secondary N) is 2. The topological polar surface area (TPSA) is 192 Å². The van der Waals surface area contributed by atoms with Crippen molar-refractivity contribution in [3.8, 4) is 22.5 Å². The van der Waals surface area contributed by atoms with Gasteiger partial charge in [0.2, 0.25) is 17.5 Å². The molecule has 6 bridgehead atoms. The predicted molar refractivity (Wildman–Crippen MR) is 267 cm³/mol. The van der Waals surface area contributed by atoms with Crippen LogP contribution in [-0.4, -0.2) is 140 Å². The van der Waals surface area contributed by atoms with E-state index in [1.165, 1.54) is 21.2 Å². The number of nitrogens with zero attached hydrogens (tertiary/aromatic N) is 7. The summed E-state index contributed by atoms with van der Waals surface area (Å²) in [4.78, 5) is 84.8. The van der Waals surface area contributed by atoms with Gasteiger partial charge in [-0.05, 0) is 82.2 Å². The predicted octanol–water partition coefficient (Wildman–Crippen LogP) is 6.10. The molecule has 0 radical (unpaired) electrons. The van der Waals surface area contributed by atoms with Gasteiger partial charge in [0.15, 0.2) is 0 Å². The van der Waals surface area contributed by atoms with E-state index in [-0.39, 0.29) is 61.8 Å². The smallest absolute Gasteiger partial charge is 0.355 e. The Morgan fingerprint density at radius 2 is 1.81 bits per heavy atom. The van der Waals surface area contributed by atoms with Crippen LogP contribution < -0.4 is 10.7 Å². The van der Waals surface area contributed by atoms with Gasteiger partial charge in [0.1, 0.15) is 12.1 Å². The second kappa shape index (κ2) is 19.8. The molecule has 4 atom stereocenters. The summed E-state index contributed by atoms with van der Waals surface area (Å²) in [6, 6.07) is 7.83. The molecule has 8 rings (SSSR count). The number of piperidine rings is 1. The van der Waals surface area contributed by atoms with Crippen molar-refractivity contribution in [2.24, 2.45) is 16.7 Å². The molecule has 3 aromatic heterocycles. The lowest BCUT2D eigenvalue weighted by Crippen LogP contribution is -2.67. The van der Waals surface area contributed by atoms with Gasteiger partial charge in [-0.2, -0.15) is 5.43 Å². The fourth-order valence-corrected chi connectivity index (χ4v) is 11.6. The molecule has 18 heteroatoms. The Bertz CT molecular complexity index is 2680. The third kappa shape index (κ3) is 9.84. The zero-order chi connectivity index (χ0) is 50.4. The van der Waals surface area contributed by atoms with Crippen LogP contribution in [0.25, 0.3) is 33.4 Å². The van der Waals surface area contributed by atoms with E-state index in [9.17, 15) is 29.1 Å². The molecule has 7 heterocycles. The number of aromatic nitrogens is 3. The van der Waals surface area contributed by atoms with E-state index in [1.807, 2.05) is 52.1 Å². The van der Waals surface area contributed by atoms with Gasteiger partial charge in [-0.25, -0.2) is 14.6 Å². The van der Waals surface area contributed by atoms with Crippen molar-refractivity contribution < 1.29 is 38.6 Å². The highest BCUT2D eigenvalue weighted by Gasteiger charge is 2.49. The number of aliphatic hydroxyl groups is 1. The van der Waals surface area contributed by atoms with Crippen LogP contribution in [-0.2, 0) is 48.0 Å². The second-order valence-corrected chi connectivity index (χ2v) is 21.9. The van der Waals surface area contributed by atoms with Crippen molar-refractivity contribution in [2.45, 2.75) is 117 Å². The van der Waals surface area contributed by atoms with Gasteiger partial charge in [0.05, 0.1) is 34.8 Å². The number of hydrogen-bond donors (Lipinski definition) is 3. The lowest BCUT2D eigenvalue weighted by atomic mass is 9.72. The zero-order valence-electron chi connectivity index (χ0n) is 42.1. The van der Waals surface area contributed by atoms with Crippen molar-refractivity contribution >= 4 is 52.0 Å². The number of hydrogen-bond acceptors (Lipinski definition) is 12. The maximum Gasteiger partial charge on any atom is 0.355 e. The lowest BCUT2D eigenvalue weighted by Gasteiger charge is -2.54. The number of fused-ring (bicyclic) bond motifs is 6. The monoisotopic (exact) mass is 979 g/mol. The Balaban J connectivity index is 1.11. The summed E-state index contributed by atoms with van der Waals surface area (Å²) >= 11 is 1.37. The summed E-state index contributed by atoms with van der Waals surface area (Å²) in [6.45, 7) is 20.4. The highest BCUT2D eigenvalue weighted by atomic mass is 32.1. The molecule has 1 spiro atoms. The molecule has 5 amide bonds. The van der Waals surface area contributed by atoms with E-state index in [1.54, 1.807) is 37.1 Å². The number of pyridine rings is 1. The number of methoxy groups -OCH3 is 1. The van der Waals surface area contributed by atoms with Crippen LogP contribution in [0.3, 0.4) is 0 Å². The third-order valence-electron chi connectivity index (χ3n) is 14.7. The number of likely N-dealkylation sites (tertiary alicyclic amines) is 2. The van der Waals surface area contributed by atoms with E-state index >= 15 is 0 Å². The quantitative estimate of drug-likeness (QED) is 0.130. The van der Waals surface area contributed by atoms with Gasteiger partial charge in [-0.1, -0.05) is 40.3 Å². The summed E-state index contributed by atoms with van der Waals surface area (Å²) < 4.78 is 14.1. The highest BCUT2D eigenvalue weighted by molar-refractivity contribution is 7.10. The summed E-state index contributed by atoms with van der Waals surface area (Å²) in [6.07, 6.45) is 3.71. The number of carbonyl (C=O) groups is 5. The minimum atomic E-state index is -2.23. The maximum absolute atomic E-state index is 14.7. The Hall–Kier alpha value is -5.69. The fourth-order valence-electron chi connectivity index (χ4n) is 10.8. The molecule has 3 saturated heterocycles. The first kappa shape index (κ1) is 50.7. The molecule has 0 unspecified atom stereocenters. The Labute approximate surface area is 414 Å². The Morgan fingerprint density at radius 3 is 2.49 bits per heavy atom. The first-order valence-electron chi connectivity index (χ1n) is 24.5. The van der Waals surface area contributed by atoms with Crippen molar-refractivity contribution in [2.75, 3.05) is 53.5 Å². The van der Waals surface area contributed by atoms with Gasteiger partial charge in [-0.3, -0.25) is 24.4 Å². The molecule has 70 heavy (non-hydrogen) atoms. The number of thiazole rings is 1. The maximum atomic E-state index is 14.7. The molecule has 17 nitrogen and oxygen atoms in total. The highest BCUT2D eigenvalue weighted by Crippen LogP contribution is 2.43. The van der Waals surface area contributed by atoms with Crippen molar-refractivity contribution in [3.63, 3.8) is 0 Å². The normalized spacial score (nSPS) is 22.3. The molecule has 3 N–H and O–H groups in total. The zero-order valence-corrected chi connectivity index (χ0v) is 42.9. The Morgan fingerprint density at radius 1 is 1.09 bits per heavy atom. The van der Waals surface area contributed by atoms with Crippen molar-refractivity contribution in [3.05, 3.63) is 70.3 Å². The molecule has 0 aliphatic carbocycles. The summed E-state index contributed by atoms with van der Waals surface area (Å²) in [7, 11) is 3.28. The number of amides is 5. The number of benzene rings is 1. The molecule has 1 aromatic carbocycles. The van der Waals surface area contributed by atoms with E-state index in [0.717, 1.165) is 51.8 Å². The second-order valence-electron chi connectivity index (χ2n) is 21.0. The fraction of sp³-hybridized carbons (Fsp3) is 0.558. The molecule has 4 aromatic rings.